The van der Waals surface area contributed by atoms with E-state index in [2.05, 4.69) is 5.32 Å². The quantitative estimate of drug-likeness (QED) is 0.642. The Labute approximate surface area is 123 Å². The van der Waals surface area contributed by atoms with Crippen LogP contribution in [0.5, 0.6) is 5.75 Å². The summed E-state index contributed by atoms with van der Waals surface area (Å²) < 4.78 is 5.19. The van der Waals surface area contributed by atoms with Gasteiger partial charge in [-0.15, -0.1) is 0 Å². The molecule has 1 rings (SSSR count). The van der Waals surface area contributed by atoms with Gasteiger partial charge >= 0.3 is 11.9 Å². The second-order valence-electron chi connectivity index (χ2n) is 5.19. The van der Waals surface area contributed by atoms with Crippen LogP contribution in [0.2, 0.25) is 0 Å². The maximum absolute atomic E-state index is 11.2. The summed E-state index contributed by atoms with van der Waals surface area (Å²) in [7, 11) is 0. The number of hydrogen-bond acceptors (Lipinski definition) is 4. The molecule has 0 spiro atoms. The van der Waals surface area contributed by atoms with Crippen molar-refractivity contribution in [3.63, 3.8) is 0 Å². The van der Waals surface area contributed by atoms with E-state index in [0.717, 1.165) is 5.56 Å². The van der Waals surface area contributed by atoms with E-state index in [1.807, 2.05) is 13.8 Å². The van der Waals surface area contributed by atoms with Gasteiger partial charge < -0.3 is 20.3 Å². The highest BCUT2D eigenvalue weighted by atomic mass is 16.5. The van der Waals surface area contributed by atoms with Crippen molar-refractivity contribution < 1.29 is 24.5 Å². The van der Waals surface area contributed by atoms with E-state index in [1.54, 1.807) is 24.3 Å². The average molecular weight is 295 g/mol. The molecule has 0 aliphatic rings. The van der Waals surface area contributed by atoms with Gasteiger partial charge in [0.05, 0.1) is 0 Å². The Balaban J connectivity index is 2.68. The first-order valence-corrected chi connectivity index (χ1v) is 6.78. The van der Waals surface area contributed by atoms with Gasteiger partial charge in [-0.05, 0) is 18.4 Å². The van der Waals surface area contributed by atoms with E-state index >= 15 is 0 Å². The van der Waals surface area contributed by atoms with Gasteiger partial charge in [-0.1, -0.05) is 32.0 Å². The molecule has 0 aliphatic heterocycles. The molecule has 0 aliphatic carbocycles. The minimum Gasteiger partial charge on any atom is -0.482 e. The maximum Gasteiger partial charge on any atom is 0.341 e. The normalized spacial score (nSPS) is 12.1. The van der Waals surface area contributed by atoms with Crippen LogP contribution in [0.15, 0.2) is 24.3 Å². The first kappa shape index (κ1) is 17.0. The Morgan fingerprint density at radius 1 is 1.24 bits per heavy atom. The van der Waals surface area contributed by atoms with Crippen molar-refractivity contribution in [1.82, 2.24) is 5.32 Å². The SMILES string of the molecule is CC(C)C[C@@H](NCc1ccccc1OCC(=O)O)C(=O)O. The Bertz CT molecular complexity index is 487. The monoisotopic (exact) mass is 295 g/mol. The van der Waals surface area contributed by atoms with Crippen molar-refractivity contribution in [1.29, 1.82) is 0 Å². The predicted molar refractivity (Wildman–Crippen MR) is 77.3 cm³/mol. The van der Waals surface area contributed by atoms with Crippen LogP contribution in [0, 0.1) is 5.92 Å². The molecule has 1 aromatic carbocycles. The molecule has 0 radical (unpaired) electrons. The van der Waals surface area contributed by atoms with Gasteiger partial charge in [-0.2, -0.15) is 0 Å². The van der Waals surface area contributed by atoms with Crippen LogP contribution < -0.4 is 10.1 Å². The van der Waals surface area contributed by atoms with Crippen molar-refractivity contribution in [2.24, 2.45) is 5.92 Å². The number of aliphatic carboxylic acids is 2. The van der Waals surface area contributed by atoms with Gasteiger partial charge in [-0.3, -0.25) is 4.79 Å². The van der Waals surface area contributed by atoms with Crippen LogP contribution in [0.4, 0.5) is 0 Å². The first-order chi connectivity index (χ1) is 9.90. The number of nitrogens with one attached hydrogen (secondary N) is 1. The van der Waals surface area contributed by atoms with Crippen LogP contribution in [-0.2, 0) is 16.1 Å². The number of carbonyl (C=O) groups is 2. The number of carboxylic acids is 2. The fourth-order valence-corrected chi connectivity index (χ4v) is 1.91. The molecule has 1 atom stereocenters. The van der Waals surface area contributed by atoms with Gasteiger partial charge in [0.25, 0.3) is 0 Å². The number of rotatable bonds is 9. The third-order valence-corrected chi connectivity index (χ3v) is 2.87. The second kappa shape index (κ2) is 8.26. The topological polar surface area (TPSA) is 95.9 Å². The van der Waals surface area contributed by atoms with Crippen LogP contribution in [0.3, 0.4) is 0 Å². The zero-order chi connectivity index (χ0) is 15.8. The van der Waals surface area contributed by atoms with E-state index in [-0.39, 0.29) is 5.92 Å². The summed E-state index contributed by atoms with van der Waals surface area (Å²) in [5.41, 5.74) is 0.730. The number of carboxylic acid groups (broad SMARTS) is 2. The van der Waals surface area contributed by atoms with Gasteiger partial charge in [0.15, 0.2) is 6.61 Å². The van der Waals surface area contributed by atoms with Crippen molar-refractivity contribution in [3.05, 3.63) is 29.8 Å². The van der Waals surface area contributed by atoms with E-state index in [9.17, 15) is 14.7 Å². The van der Waals surface area contributed by atoms with Crippen LogP contribution >= 0.6 is 0 Å². The first-order valence-electron chi connectivity index (χ1n) is 6.78. The zero-order valence-electron chi connectivity index (χ0n) is 12.2. The molecule has 1 aromatic rings. The molecular weight excluding hydrogens is 274 g/mol. The lowest BCUT2D eigenvalue weighted by molar-refractivity contribution is -0.140. The highest BCUT2D eigenvalue weighted by molar-refractivity contribution is 5.73. The Kier molecular flexibility index (Phi) is 6.68. The maximum atomic E-state index is 11.2. The molecule has 0 heterocycles. The fourth-order valence-electron chi connectivity index (χ4n) is 1.91. The van der Waals surface area contributed by atoms with Gasteiger partial charge in [0, 0.05) is 12.1 Å². The van der Waals surface area contributed by atoms with Crippen LogP contribution in [-0.4, -0.2) is 34.8 Å². The third-order valence-electron chi connectivity index (χ3n) is 2.87. The van der Waals surface area contributed by atoms with Crippen molar-refractivity contribution in [2.45, 2.75) is 32.9 Å². The van der Waals surface area contributed by atoms with E-state index < -0.39 is 24.6 Å². The molecule has 0 fully saturated rings. The largest absolute Gasteiger partial charge is 0.482 e. The molecule has 0 amide bonds. The molecule has 116 valence electrons. The highest BCUT2D eigenvalue weighted by Crippen LogP contribution is 2.18. The molecule has 0 aromatic heterocycles. The number of para-hydroxylation sites is 1. The standard InChI is InChI=1S/C15H21NO5/c1-10(2)7-12(15(19)20)16-8-11-5-3-4-6-13(11)21-9-14(17)18/h3-6,10,12,16H,7-9H2,1-2H3,(H,17,18)(H,19,20)/t12-/m1/s1. The van der Waals surface area contributed by atoms with E-state index in [4.69, 9.17) is 9.84 Å². The summed E-state index contributed by atoms with van der Waals surface area (Å²) in [5.74, 6) is -1.24. The second-order valence-corrected chi connectivity index (χ2v) is 5.19. The predicted octanol–water partition coefficient (Wildman–Crippen LogP) is 1.74. The lowest BCUT2D eigenvalue weighted by Crippen LogP contribution is -2.37. The lowest BCUT2D eigenvalue weighted by Gasteiger charge is -2.17. The molecule has 6 nitrogen and oxygen atoms in total. The molecular formula is C15H21NO5. The van der Waals surface area contributed by atoms with Crippen molar-refractivity contribution in [2.75, 3.05) is 6.61 Å². The van der Waals surface area contributed by atoms with Crippen molar-refractivity contribution in [3.8, 4) is 5.75 Å². The molecule has 3 N–H and O–H groups in total. The van der Waals surface area contributed by atoms with E-state index in [0.29, 0.717) is 18.7 Å². The van der Waals surface area contributed by atoms with Gasteiger partial charge in [-0.25, -0.2) is 4.79 Å². The summed E-state index contributed by atoms with van der Waals surface area (Å²) in [6.45, 7) is 3.80. The Morgan fingerprint density at radius 2 is 1.90 bits per heavy atom. The Morgan fingerprint density at radius 3 is 2.48 bits per heavy atom. The lowest BCUT2D eigenvalue weighted by atomic mass is 10.0. The Hall–Kier alpha value is -2.08. The fraction of sp³-hybridized carbons (Fsp3) is 0.467. The molecule has 6 heteroatoms. The summed E-state index contributed by atoms with van der Waals surface area (Å²) in [6, 6.07) is 6.33. The number of benzene rings is 1. The number of hydrogen-bond donors (Lipinski definition) is 3. The third kappa shape index (κ3) is 6.27. The minimum atomic E-state index is -1.05. The molecule has 0 unspecified atom stereocenters. The van der Waals surface area contributed by atoms with E-state index in [1.165, 1.54) is 0 Å². The van der Waals surface area contributed by atoms with Crippen molar-refractivity contribution >= 4 is 11.9 Å². The zero-order valence-corrected chi connectivity index (χ0v) is 12.2. The number of ether oxygens (including phenoxy) is 1. The summed E-state index contributed by atoms with van der Waals surface area (Å²) in [5, 5.41) is 20.8. The molecule has 21 heavy (non-hydrogen) atoms. The van der Waals surface area contributed by atoms with Crippen LogP contribution in [0.25, 0.3) is 0 Å². The molecule has 0 bridgehead atoms. The minimum absolute atomic E-state index is 0.261. The summed E-state index contributed by atoms with van der Waals surface area (Å²) in [4.78, 5) is 21.7. The van der Waals surface area contributed by atoms with Gasteiger partial charge in [0.2, 0.25) is 0 Å². The summed E-state index contributed by atoms with van der Waals surface area (Å²) >= 11 is 0. The van der Waals surface area contributed by atoms with Crippen LogP contribution in [0.1, 0.15) is 25.8 Å². The molecule has 0 saturated heterocycles. The molecule has 0 saturated carbocycles. The average Bonchev–Trinajstić information content (AvgIpc) is 2.41. The highest BCUT2D eigenvalue weighted by Gasteiger charge is 2.18. The smallest absolute Gasteiger partial charge is 0.341 e. The summed E-state index contributed by atoms with van der Waals surface area (Å²) in [6.07, 6.45) is 0.521. The van der Waals surface area contributed by atoms with Gasteiger partial charge in [0.1, 0.15) is 11.8 Å².